The van der Waals surface area contributed by atoms with E-state index in [1.807, 2.05) is 0 Å². The molecule has 0 aromatic heterocycles. The molecule has 1 aromatic rings. The van der Waals surface area contributed by atoms with E-state index in [-0.39, 0.29) is 5.75 Å². The highest BCUT2D eigenvalue weighted by molar-refractivity contribution is 5.98. The van der Waals surface area contributed by atoms with Crippen LogP contribution in [0.25, 0.3) is 0 Å². The third kappa shape index (κ3) is 3.47. The summed E-state index contributed by atoms with van der Waals surface area (Å²) in [5.74, 6) is -23.9. The highest BCUT2D eigenvalue weighted by Crippen LogP contribution is 2.53. The number of hydrogen-bond donors (Lipinski definition) is 1. The first kappa shape index (κ1) is 20.9. The first-order valence-electron chi connectivity index (χ1n) is 6.26. The molecule has 0 aliphatic carbocycles. The predicted molar refractivity (Wildman–Crippen MR) is 67.3 cm³/mol. The van der Waals surface area contributed by atoms with Crippen molar-refractivity contribution >= 4 is 11.6 Å². The first-order valence-corrected chi connectivity index (χ1v) is 6.26. The van der Waals surface area contributed by atoms with E-state index in [0.29, 0.717) is 5.56 Å². The van der Waals surface area contributed by atoms with Gasteiger partial charge in [-0.05, 0) is 24.6 Å². The van der Waals surface area contributed by atoms with Gasteiger partial charge in [-0.2, -0.15) is 39.5 Å². The molecule has 12 heteroatoms. The molecule has 0 aliphatic heterocycles. The van der Waals surface area contributed by atoms with Crippen LogP contribution in [0, 0.1) is 6.92 Å². The van der Waals surface area contributed by atoms with Crippen molar-refractivity contribution in [3.05, 3.63) is 23.8 Å². The van der Waals surface area contributed by atoms with Crippen molar-refractivity contribution in [2.75, 3.05) is 12.4 Å². The van der Waals surface area contributed by atoms with Crippen molar-refractivity contribution in [3.63, 3.8) is 0 Å². The van der Waals surface area contributed by atoms with Gasteiger partial charge in [0.1, 0.15) is 5.75 Å². The Morgan fingerprint density at radius 2 is 1.48 bits per heavy atom. The lowest BCUT2D eigenvalue weighted by atomic mass is 10.0. The minimum absolute atomic E-state index is 0.305. The first-order chi connectivity index (χ1) is 11.1. The quantitative estimate of drug-likeness (QED) is 0.765. The number of rotatable bonds is 5. The van der Waals surface area contributed by atoms with Crippen LogP contribution in [0.15, 0.2) is 18.2 Å². The fourth-order valence-electron chi connectivity index (χ4n) is 1.64. The Bertz CT molecular complexity index is 655. The van der Waals surface area contributed by atoms with E-state index < -0.39 is 35.5 Å². The summed E-state index contributed by atoms with van der Waals surface area (Å²) < 4.78 is 119. The molecule has 3 nitrogen and oxygen atoms in total. The molecule has 0 spiro atoms. The third-order valence-electron chi connectivity index (χ3n) is 3.03. The van der Waals surface area contributed by atoms with Crippen LogP contribution in [0.4, 0.5) is 45.2 Å². The third-order valence-corrected chi connectivity index (χ3v) is 3.03. The van der Waals surface area contributed by atoms with Crippen LogP contribution in [0.1, 0.15) is 5.56 Å². The summed E-state index contributed by atoms with van der Waals surface area (Å²) in [6.45, 7) is 1.40. The van der Waals surface area contributed by atoms with Crippen molar-refractivity contribution in [2.24, 2.45) is 0 Å². The van der Waals surface area contributed by atoms with Crippen LogP contribution in [0.3, 0.4) is 0 Å². The summed E-state index contributed by atoms with van der Waals surface area (Å²) in [5, 5.41) is 1.18. The molecule has 0 bridgehead atoms. The number of aryl methyl sites for hydroxylation is 1. The second kappa shape index (κ2) is 6.30. The van der Waals surface area contributed by atoms with Gasteiger partial charge in [0.05, 0.1) is 12.8 Å². The topological polar surface area (TPSA) is 38.3 Å². The number of carbonyl (C=O) groups is 1. The number of alkyl halides is 9. The fraction of sp³-hybridized carbons (Fsp3) is 0.462. The van der Waals surface area contributed by atoms with Crippen LogP contribution in [-0.2, 0) is 4.79 Å². The predicted octanol–water partition coefficient (Wildman–Crippen LogP) is 4.41. The van der Waals surface area contributed by atoms with E-state index in [4.69, 9.17) is 0 Å². The molecule has 0 saturated carbocycles. The normalized spacial score (nSPS) is 13.6. The summed E-state index contributed by atoms with van der Waals surface area (Å²) in [4.78, 5) is 11.3. The Hall–Kier alpha value is -2.14. The van der Waals surface area contributed by atoms with Crippen LogP contribution >= 0.6 is 0 Å². The molecule has 0 radical (unpaired) electrons. The van der Waals surface area contributed by atoms with Crippen molar-refractivity contribution in [2.45, 2.75) is 30.9 Å². The Labute approximate surface area is 134 Å². The monoisotopic (exact) mass is 383 g/mol. The molecule has 0 unspecified atom stereocenters. The molecule has 1 N–H and O–H groups in total. The molecule has 1 amide bonds. The summed E-state index contributed by atoms with van der Waals surface area (Å²) >= 11 is 0. The summed E-state index contributed by atoms with van der Waals surface area (Å²) in [6, 6.07) is 3.47. The van der Waals surface area contributed by atoms with Gasteiger partial charge in [0.25, 0.3) is 0 Å². The van der Waals surface area contributed by atoms with Gasteiger partial charge < -0.3 is 10.1 Å². The minimum atomic E-state index is -7.14. The van der Waals surface area contributed by atoms with Crippen LogP contribution < -0.4 is 10.1 Å². The summed E-state index contributed by atoms with van der Waals surface area (Å²) in [5.41, 5.74) is -0.287. The molecular weight excluding hydrogens is 373 g/mol. The number of ether oxygens (including phenoxy) is 1. The number of carbonyl (C=O) groups excluding carboxylic acids is 1. The molecule has 0 saturated heterocycles. The number of hydrogen-bond acceptors (Lipinski definition) is 2. The van der Waals surface area contributed by atoms with Gasteiger partial charge in [0.15, 0.2) is 0 Å². The maximum Gasteiger partial charge on any atom is 0.460 e. The molecule has 1 rings (SSSR count). The van der Waals surface area contributed by atoms with Gasteiger partial charge in [-0.1, -0.05) is 6.07 Å². The minimum Gasteiger partial charge on any atom is -0.495 e. The Morgan fingerprint density at radius 3 is 1.92 bits per heavy atom. The fourth-order valence-corrected chi connectivity index (χ4v) is 1.64. The zero-order chi connectivity index (χ0) is 19.8. The number of anilines is 1. The molecule has 1 aromatic carbocycles. The summed E-state index contributed by atoms with van der Waals surface area (Å²) in [6.07, 6.45) is -7.00. The second-order valence-corrected chi connectivity index (χ2v) is 4.88. The van der Waals surface area contributed by atoms with Crippen LogP contribution in [0.2, 0.25) is 0 Å². The maximum atomic E-state index is 13.5. The van der Waals surface area contributed by atoms with E-state index >= 15 is 0 Å². The zero-order valence-corrected chi connectivity index (χ0v) is 12.5. The van der Waals surface area contributed by atoms with Crippen LogP contribution in [0.5, 0.6) is 5.75 Å². The van der Waals surface area contributed by atoms with E-state index in [9.17, 15) is 44.3 Å². The number of nitrogens with one attached hydrogen (secondary N) is 1. The number of methoxy groups -OCH3 is 1. The van der Waals surface area contributed by atoms with Gasteiger partial charge in [0, 0.05) is 0 Å². The van der Waals surface area contributed by atoms with Crippen molar-refractivity contribution < 1.29 is 49.0 Å². The van der Waals surface area contributed by atoms with Gasteiger partial charge in [-0.25, -0.2) is 0 Å². The molecule has 0 heterocycles. The van der Waals surface area contributed by atoms with Crippen LogP contribution in [-0.4, -0.2) is 37.0 Å². The average Bonchev–Trinajstić information content (AvgIpc) is 2.45. The van der Waals surface area contributed by atoms with Crippen molar-refractivity contribution in [3.8, 4) is 5.75 Å². The lowest BCUT2D eigenvalue weighted by molar-refractivity contribution is -0.388. The Balaban J connectivity index is 3.26. The molecule has 0 atom stereocenters. The standard InChI is InChI=1S/C13H10F9NO2/c1-6-3-4-8(25-2)7(5-6)23-9(24)10(14,15)11(16,17)12(18,19)13(20,21)22/h3-5H,1-2H3,(H,23,24). The number of halogens is 9. The highest BCUT2D eigenvalue weighted by atomic mass is 19.4. The van der Waals surface area contributed by atoms with Gasteiger partial charge >= 0.3 is 29.9 Å². The van der Waals surface area contributed by atoms with Gasteiger partial charge in [-0.15, -0.1) is 0 Å². The van der Waals surface area contributed by atoms with E-state index in [2.05, 4.69) is 4.74 Å². The zero-order valence-electron chi connectivity index (χ0n) is 12.5. The number of amides is 1. The SMILES string of the molecule is COc1ccc(C)cc1NC(=O)C(F)(F)C(F)(F)C(F)(F)C(F)(F)F. The summed E-state index contributed by atoms with van der Waals surface area (Å²) in [7, 11) is 1.02. The molecule has 142 valence electrons. The lowest BCUT2D eigenvalue weighted by Crippen LogP contribution is -2.64. The van der Waals surface area contributed by atoms with Crippen molar-refractivity contribution in [1.29, 1.82) is 0 Å². The van der Waals surface area contributed by atoms with E-state index in [0.717, 1.165) is 19.2 Å². The Morgan fingerprint density at radius 1 is 0.960 bits per heavy atom. The van der Waals surface area contributed by atoms with Gasteiger partial charge in [-0.3, -0.25) is 4.79 Å². The van der Waals surface area contributed by atoms with Gasteiger partial charge in [0.2, 0.25) is 0 Å². The molecule has 0 fully saturated rings. The second-order valence-electron chi connectivity index (χ2n) is 4.88. The average molecular weight is 383 g/mol. The van der Waals surface area contributed by atoms with Crippen molar-refractivity contribution in [1.82, 2.24) is 0 Å². The lowest BCUT2D eigenvalue weighted by Gasteiger charge is -2.32. The molecular formula is C13H10F9NO2. The smallest absolute Gasteiger partial charge is 0.460 e. The number of benzene rings is 1. The van der Waals surface area contributed by atoms with E-state index in [1.165, 1.54) is 18.3 Å². The van der Waals surface area contributed by atoms with E-state index in [1.54, 1.807) is 0 Å². The Kier molecular flexibility index (Phi) is 5.27. The maximum absolute atomic E-state index is 13.5. The molecule has 25 heavy (non-hydrogen) atoms. The largest absolute Gasteiger partial charge is 0.495 e. The highest BCUT2D eigenvalue weighted by Gasteiger charge is 2.83. The molecule has 0 aliphatic rings.